The van der Waals surface area contributed by atoms with E-state index in [2.05, 4.69) is 15.4 Å². The molecule has 2 aromatic heterocycles. The summed E-state index contributed by atoms with van der Waals surface area (Å²) >= 11 is 0. The summed E-state index contributed by atoms with van der Waals surface area (Å²) < 4.78 is 6.75. The summed E-state index contributed by atoms with van der Waals surface area (Å²) in [5.74, 6) is 0.0440. The topological polar surface area (TPSA) is 88.5 Å². The third-order valence-electron chi connectivity index (χ3n) is 4.78. The lowest BCUT2D eigenvalue weighted by Gasteiger charge is -2.27. The number of carbonyl (C=O) groups is 1. The molecule has 1 aliphatic rings. The minimum absolute atomic E-state index is 0.0122. The van der Waals surface area contributed by atoms with Crippen molar-refractivity contribution in [3.05, 3.63) is 33.9 Å². The number of hydrogen-bond acceptors (Lipinski definition) is 4. The van der Waals surface area contributed by atoms with Gasteiger partial charge in [0.15, 0.2) is 5.65 Å². The largest absolute Gasteiger partial charge is 0.381 e. The van der Waals surface area contributed by atoms with Gasteiger partial charge in [0.2, 0.25) is 5.91 Å². The van der Waals surface area contributed by atoms with Crippen LogP contribution in [0.5, 0.6) is 0 Å². The lowest BCUT2D eigenvalue weighted by molar-refractivity contribution is -0.127. The second kappa shape index (κ2) is 6.76. The van der Waals surface area contributed by atoms with Crippen molar-refractivity contribution in [2.45, 2.75) is 51.7 Å². The first-order chi connectivity index (χ1) is 11.5. The number of rotatable bonds is 4. The number of amides is 1. The van der Waals surface area contributed by atoms with Crippen LogP contribution in [0, 0.1) is 12.8 Å². The van der Waals surface area contributed by atoms with Crippen molar-refractivity contribution in [2.24, 2.45) is 5.92 Å². The Morgan fingerprint density at radius 1 is 1.38 bits per heavy atom. The van der Waals surface area contributed by atoms with Crippen LogP contribution in [-0.2, 0) is 9.53 Å². The zero-order chi connectivity index (χ0) is 17.3. The third kappa shape index (κ3) is 3.36. The Morgan fingerprint density at radius 3 is 2.75 bits per heavy atom. The molecule has 7 heteroatoms. The molecule has 0 radical (unpaired) electrons. The summed E-state index contributed by atoms with van der Waals surface area (Å²) in [6.45, 7) is 3.73. The number of fused-ring (bicyclic) bond motifs is 1. The van der Waals surface area contributed by atoms with Crippen LogP contribution in [0.1, 0.15) is 50.0 Å². The van der Waals surface area contributed by atoms with Crippen LogP contribution >= 0.6 is 0 Å². The van der Waals surface area contributed by atoms with Gasteiger partial charge in [-0.2, -0.15) is 0 Å². The fourth-order valence-corrected chi connectivity index (χ4v) is 3.32. The molecule has 130 valence electrons. The summed E-state index contributed by atoms with van der Waals surface area (Å²) in [6.07, 6.45) is 3.77. The van der Waals surface area contributed by atoms with Crippen molar-refractivity contribution < 1.29 is 9.53 Å². The van der Waals surface area contributed by atoms with E-state index in [0.29, 0.717) is 11.3 Å². The van der Waals surface area contributed by atoms with E-state index in [1.807, 2.05) is 19.9 Å². The summed E-state index contributed by atoms with van der Waals surface area (Å²) in [6, 6.07) is 2.98. The quantitative estimate of drug-likeness (QED) is 0.892. The number of aryl methyl sites for hydroxylation is 1. The van der Waals surface area contributed by atoms with Crippen LogP contribution in [-0.4, -0.2) is 33.7 Å². The molecule has 0 saturated heterocycles. The van der Waals surface area contributed by atoms with E-state index in [0.717, 1.165) is 31.4 Å². The molecule has 2 aromatic rings. The van der Waals surface area contributed by atoms with E-state index < -0.39 is 0 Å². The van der Waals surface area contributed by atoms with Crippen LogP contribution in [0.3, 0.4) is 0 Å². The minimum atomic E-state index is -0.300. The summed E-state index contributed by atoms with van der Waals surface area (Å²) in [5, 5.41) is 5.93. The van der Waals surface area contributed by atoms with Crippen LogP contribution in [0.2, 0.25) is 0 Å². The molecule has 1 saturated carbocycles. The fourth-order valence-electron chi connectivity index (χ4n) is 3.32. The number of carbonyl (C=O) groups excluding carboxylic acids is 1. The zero-order valence-corrected chi connectivity index (χ0v) is 14.3. The van der Waals surface area contributed by atoms with Gasteiger partial charge in [0, 0.05) is 30.9 Å². The van der Waals surface area contributed by atoms with Gasteiger partial charge >= 0.3 is 0 Å². The van der Waals surface area contributed by atoms with E-state index in [-0.39, 0.29) is 29.5 Å². The molecule has 0 aliphatic heterocycles. The highest BCUT2D eigenvalue weighted by Crippen LogP contribution is 2.26. The van der Waals surface area contributed by atoms with Crippen molar-refractivity contribution in [1.82, 2.24) is 19.9 Å². The molecule has 1 aliphatic carbocycles. The smallest absolute Gasteiger partial charge is 0.272 e. The average molecular weight is 332 g/mol. The average Bonchev–Trinajstić information content (AvgIpc) is 2.95. The molecule has 0 aromatic carbocycles. The molecular formula is C17H24N4O3. The van der Waals surface area contributed by atoms with E-state index in [4.69, 9.17) is 4.74 Å². The lowest BCUT2D eigenvalue weighted by Crippen LogP contribution is -2.36. The number of aromatic nitrogens is 3. The maximum Gasteiger partial charge on any atom is 0.272 e. The van der Waals surface area contributed by atoms with Crippen molar-refractivity contribution in [2.75, 3.05) is 7.11 Å². The molecule has 0 unspecified atom stereocenters. The van der Waals surface area contributed by atoms with Gasteiger partial charge in [-0.25, -0.2) is 9.50 Å². The highest BCUT2D eigenvalue weighted by atomic mass is 16.5. The molecule has 1 fully saturated rings. The molecule has 0 bridgehead atoms. The van der Waals surface area contributed by atoms with Gasteiger partial charge in [0.25, 0.3) is 5.56 Å². The molecule has 3 rings (SSSR count). The van der Waals surface area contributed by atoms with Gasteiger partial charge in [0.1, 0.15) is 0 Å². The van der Waals surface area contributed by atoms with Crippen LogP contribution in [0.25, 0.3) is 5.65 Å². The Balaban J connectivity index is 1.69. The van der Waals surface area contributed by atoms with Gasteiger partial charge < -0.3 is 10.1 Å². The number of H-pyrrole nitrogens is 1. The van der Waals surface area contributed by atoms with Crippen LogP contribution in [0.15, 0.2) is 16.9 Å². The maximum absolute atomic E-state index is 12.5. The van der Waals surface area contributed by atoms with E-state index in [1.54, 1.807) is 7.11 Å². The minimum Gasteiger partial charge on any atom is -0.381 e. The van der Waals surface area contributed by atoms with Gasteiger partial charge in [0.05, 0.1) is 17.8 Å². The normalized spacial score (nSPS) is 22.5. The van der Waals surface area contributed by atoms with Crippen molar-refractivity contribution in [1.29, 1.82) is 0 Å². The summed E-state index contributed by atoms with van der Waals surface area (Å²) in [4.78, 5) is 29.1. The third-order valence-corrected chi connectivity index (χ3v) is 4.78. The molecule has 1 amide bonds. The van der Waals surface area contributed by atoms with E-state index in [1.165, 1.54) is 10.6 Å². The second-order valence-electron chi connectivity index (χ2n) is 6.59. The zero-order valence-electron chi connectivity index (χ0n) is 14.3. The monoisotopic (exact) mass is 332 g/mol. The highest BCUT2D eigenvalue weighted by molar-refractivity contribution is 5.79. The number of methoxy groups -OCH3 is 1. The lowest BCUT2D eigenvalue weighted by atomic mass is 9.86. The molecule has 24 heavy (non-hydrogen) atoms. The summed E-state index contributed by atoms with van der Waals surface area (Å²) in [7, 11) is 1.72. The van der Waals surface area contributed by atoms with Crippen LogP contribution < -0.4 is 10.9 Å². The van der Waals surface area contributed by atoms with E-state index in [9.17, 15) is 9.59 Å². The SMILES string of the molecule is COC1CCC(C(=O)N[C@H](C)c2cc(=O)n3[nH]c(C)cc3n2)CC1. The molecule has 1 atom stereocenters. The van der Waals surface area contributed by atoms with E-state index >= 15 is 0 Å². The Kier molecular flexibility index (Phi) is 4.71. The first-order valence-electron chi connectivity index (χ1n) is 8.40. The number of ether oxygens (including phenoxy) is 1. The van der Waals surface area contributed by atoms with Crippen LogP contribution in [0.4, 0.5) is 0 Å². The first kappa shape index (κ1) is 16.7. The Morgan fingerprint density at radius 2 is 2.08 bits per heavy atom. The number of aromatic amines is 1. The summed E-state index contributed by atoms with van der Waals surface area (Å²) in [5.41, 5.74) is 1.84. The highest BCUT2D eigenvalue weighted by Gasteiger charge is 2.27. The predicted molar refractivity (Wildman–Crippen MR) is 89.9 cm³/mol. The van der Waals surface area contributed by atoms with Gasteiger partial charge in [-0.15, -0.1) is 0 Å². The Bertz CT molecular complexity index is 787. The van der Waals surface area contributed by atoms with Gasteiger partial charge in [-0.05, 0) is 39.5 Å². The van der Waals surface area contributed by atoms with Crippen molar-refractivity contribution in [3.8, 4) is 0 Å². The maximum atomic E-state index is 12.5. The van der Waals surface area contributed by atoms with Crippen molar-refractivity contribution in [3.63, 3.8) is 0 Å². The fraction of sp³-hybridized carbons (Fsp3) is 0.588. The molecule has 7 nitrogen and oxygen atoms in total. The number of nitrogens with one attached hydrogen (secondary N) is 2. The second-order valence-corrected chi connectivity index (χ2v) is 6.59. The molecule has 0 spiro atoms. The predicted octanol–water partition coefficient (Wildman–Crippen LogP) is 1.71. The van der Waals surface area contributed by atoms with Gasteiger partial charge in [-0.1, -0.05) is 0 Å². The molecule has 2 N–H and O–H groups in total. The Labute approximate surface area is 140 Å². The standard InChI is InChI=1S/C17H24N4O3/c1-10-8-15-19-14(9-16(22)21(15)20-10)11(2)18-17(23)12-4-6-13(24-3)7-5-12/h8-9,11-13,20H,4-7H2,1-3H3,(H,18,23)/t11-,12?,13?/m1/s1. The van der Waals surface area contributed by atoms with Gasteiger partial charge in [-0.3, -0.25) is 14.7 Å². The number of nitrogens with zero attached hydrogens (tertiary/aromatic N) is 2. The first-order valence-corrected chi connectivity index (χ1v) is 8.40. The van der Waals surface area contributed by atoms with Crippen molar-refractivity contribution >= 4 is 11.6 Å². The molecule has 2 heterocycles. The Hall–Kier alpha value is -2.15. The number of hydrogen-bond donors (Lipinski definition) is 2. The molecular weight excluding hydrogens is 308 g/mol.